The fraction of sp³-hybridized carbons (Fsp3) is 0.0909. The van der Waals surface area contributed by atoms with Gasteiger partial charge in [-0.2, -0.15) is 0 Å². The Balaban J connectivity index is 2.11. The Hall–Kier alpha value is -0.970. The minimum Gasteiger partial charge on any atom is -0.508 e. The van der Waals surface area contributed by atoms with Gasteiger partial charge in [-0.25, -0.2) is 0 Å². The van der Waals surface area contributed by atoms with Crippen LogP contribution in [0.25, 0.3) is 0 Å². The first-order valence-electron chi connectivity index (χ1n) is 4.53. The number of rotatable bonds is 3. The van der Waals surface area contributed by atoms with Gasteiger partial charge in [-0.3, -0.25) is 0 Å². The zero-order valence-corrected chi connectivity index (χ0v) is 9.65. The van der Waals surface area contributed by atoms with Crippen molar-refractivity contribution in [3.8, 4) is 5.75 Å². The van der Waals surface area contributed by atoms with Gasteiger partial charge < -0.3 is 10.8 Å². The van der Waals surface area contributed by atoms with Gasteiger partial charge in [0.15, 0.2) is 0 Å². The third-order valence-electron chi connectivity index (χ3n) is 1.89. The highest BCUT2D eigenvalue weighted by Crippen LogP contribution is 2.33. The van der Waals surface area contributed by atoms with Crippen LogP contribution in [0.1, 0.15) is 4.88 Å². The SMILES string of the molecule is NCc1ccc(Sc2ccc(O)cc2)s1. The molecule has 15 heavy (non-hydrogen) atoms. The molecule has 0 aliphatic carbocycles. The number of aromatic hydroxyl groups is 1. The summed E-state index contributed by atoms with van der Waals surface area (Å²) in [5.41, 5.74) is 5.54. The van der Waals surface area contributed by atoms with E-state index >= 15 is 0 Å². The molecular weight excluding hydrogens is 226 g/mol. The second-order valence-corrected chi connectivity index (χ2v) is 5.56. The molecule has 0 spiro atoms. The summed E-state index contributed by atoms with van der Waals surface area (Å²) in [5, 5.41) is 9.14. The number of thiophene rings is 1. The van der Waals surface area contributed by atoms with Gasteiger partial charge in [-0.05, 0) is 36.4 Å². The first-order chi connectivity index (χ1) is 7.28. The Kier molecular flexibility index (Phi) is 3.30. The number of nitrogens with two attached hydrogens (primary N) is 1. The van der Waals surface area contributed by atoms with Crippen molar-refractivity contribution in [1.82, 2.24) is 0 Å². The molecule has 1 aromatic heterocycles. The number of phenols is 1. The van der Waals surface area contributed by atoms with Gasteiger partial charge in [0.25, 0.3) is 0 Å². The van der Waals surface area contributed by atoms with Crippen LogP contribution in [0, 0.1) is 0 Å². The zero-order chi connectivity index (χ0) is 10.7. The van der Waals surface area contributed by atoms with E-state index in [1.165, 1.54) is 9.09 Å². The van der Waals surface area contributed by atoms with Crippen LogP contribution in [0.15, 0.2) is 45.5 Å². The van der Waals surface area contributed by atoms with E-state index < -0.39 is 0 Å². The maximum absolute atomic E-state index is 9.14. The predicted molar refractivity (Wildman–Crippen MR) is 64.4 cm³/mol. The van der Waals surface area contributed by atoms with Gasteiger partial charge in [0.1, 0.15) is 5.75 Å². The molecular formula is C11H11NOS2. The van der Waals surface area contributed by atoms with E-state index in [0.29, 0.717) is 12.3 Å². The summed E-state index contributed by atoms with van der Waals surface area (Å²) in [6.45, 7) is 0.598. The molecule has 2 aromatic rings. The molecule has 2 rings (SSSR count). The van der Waals surface area contributed by atoms with E-state index in [1.807, 2.05) is 18.2 Å². The zero-order valence-electron chi connectivity index (χ0n) is 8.01. The topological polar surface area (TPSA) is 46.2 Å². The molecule has 1 heterocycles. The van der Waals surface area contributed by atoms with Crippen molar-refractivity contribution in [2.75, 3.05) is 0 Å². The molecule has 0 aliphatic rings. The van der Waals surface area contributed by atoms with E-state index in [9.17, 15) is 0 Å². The summed E-state index contributed by atoms with van der Waals surface area (Å²) < 4.78 is 1.22. The highest BCUT2D eigenvalue weighted by molar-refractivity contribution is 8.01. The normalized spacial score (nSPS) is 10.5. The largest absolute Gasteiger partial charge is 0.508 e. The third kappa shape index (κ3) is 2.75. The summed E-state index contributed by atoms with van der Waals surface area (Å²) in [7, 11) is 0. The van der Waals surface area contributed by atoms with Crippen LogP contribution in [0.4, 0.5) is 0 Å². The summed E-state index contributed by atoms with van der Waals surface area (Å²) in [6, 6.07) is 11.3. The third-order valence-corrected chi connectivity index (χ3v) is 4.14. The fourth-order valence-corrected chi connectivity index (χ4v) is 3.18. The molecule has 4 heteroatoms. The van der Waals surface area contributed by atoms with Crippen molar-refractivity contribution in [1.29, 1.82) is 0 Å². The van der Waals surface area contributed by atoms with Crippen molar-refractivity contribution >= 4 is 23.1 Å². The lowest BCUT2D eigenvalue weighted by Crippen LogP contribution is -1.90. The number of benzene rings is 1. The highest BCUT2D eigenvalue weighted by atomic mass is 32.2. The molecule has 0 aliphatic heterocycles. The maximum Gasteiger partial charge on any atom is 0.115 e. The van der Waals surface area contributed by atoms with E-state index in [-0.39, 0.29) is 0 Å². The standard InChI is InChI=1S/C11H11NOS2/c12-7-10-5-6-11(15-10)14-9-3-1-8(13)2-4-9/h1-6,13H,7,12H2. The molecule has 0 saturated carbocycles. The molecule has 0 bridgehead atoms. The van der Waals surface area contributed by atoms with Crippen LogP contribution >= 0.6 is 23.1 Å². The smallest absolute Gasteiger partial charge is 0.115 e. The second kappa shape index (κ2) is 4.70. The van der Waals surface area contributed by atoms with Crippen LogP contribution in [-0.4, -0.2) is 5.11 Å². The van der Waals surface area contributed by atoms with Crippen molar-refractivity contribution in [3.05, 3.63) is 41.3 Å². The van der Waals surface area contributed by atoms with Crippen molar-refractivity contribution in [2.45, 2.75) is 15.6 Å². The Morgan fingerprint density at radius 2 is 1.87 bits per heavy atom. The van der Waals surface area contributed by atoms with Gasteiger partial charge in [0, 0.05) is 16.3 Å². The number of hydrogen-bond acceptors (Lipinski definition) is 4. The molecule has 3 N–H and O–H groups in total. The monoisotopic (exact) mass is 237 g/mol. The van der Waals surface area contributed by atoms with Gasteiger partial charge in [-0.15, -0.1) is 11.3 Å². The molecule has 0 amide bonds. The molecule has 1 aromatic carbocycles. The average Bonchev–Trinajstić information content (AvgIpc) is 2.69. The Morgan fingerprint density at radius 3 is 2.47 bits per heavy atom. The lowest BCUT2D eigenvalue weighted by molar-refractivity contribution is 0.475. The Morgan fingerprint density at radius 1 is 1.13 bits per heavy atom. The lowest BCUT2D eigenvalue weighted by Gasteiger charge is -1.98. The van der Waals surface area contributed by atoms with Gasteiger partial charge >= 0.3 is 0 Å². The van der Waals surface area contributed by atoms with Crippen LogP contribution in [0.2, 0.25) is 0 Å². The minimum absolute atomic E-state index is 0.299. The number of hydrogen-bond donors (Lipinski definition) is 2. The van der Waals surface area contributed by atoms with Gasteiger partial charge in [0.05, 0.1) is 4.21 Å². The second-order valence-electron chi connectivity index (χ2n) is 3.02. The summed E-state index contributed by atoms with van der Waals surface area (Å²) in [6.07, 6.45) is 0. The van der Waals surface area contributed by atoms with E-state index in [4.69, 9.17) is 10.8 Å². The first kappa shape index (κ1) is 10.5. The number of phenolic OH excluding ortho intramolecular Hbond substituents is 1. The lowest BCUT2D eigenvalue weighted by atomic mass is 10.3. The van der Waals surface area contributed by atoms with Crippen molar-refractivity contribution in [3.63, 3.8) is 0 Å². The Bertz CT molecular complexity index is 436. The van der Waals surface area contributed by atoms with Gasteiger partial charge in [-0.1, -0.05) is 11.8 Å². The van der Waals surface area contributed by atoms with Crippen LogP contribution in [-0.2, 0) is 6.54 Å². The summed E-state index contributed by atoms with van der Waals surface area (Å²) in [4.78, 5) is 2.31. The molecule has 78 valence electrons. The summed E-state index contributed by atoms with van der Waals surface area (Å²) in [5.74, 6) is 0.299. The van der Waals surface area contributed by atoms with Crippen LogP contribution in [0.5, 0.6) is 5.75 Å². The van der Waals surface area contributed by atoms with Crippen LogP contribution < -0.4 is 5.73 Å². The van der Waals surface area contributed by atoms with E-state index in [2.05, 4.69) is 6.07 Å². The molecule has 0 radical (unpaired) electrons. The summed E-state index contributed by atoms with van der Waals surface area (Å²) >= 11 is 3.39. The highest BCUT2D eigenvalue weighted by Gasteiger charge is 2.01. The molecule has 0 atom stereocenters. The Labute approximate surface area is 96.8 Å². The minimum atomic E-state index is 0.299. The van der Waals surface area contributed by atoms with E-state index in [1.54, 1.807) is 35.2 Å². The molecule has 0 unspecified atom stereocenters. The van der Waals surface area contributed by atoms with Crippen molar-refractivity contribution in [2.24, 2.45) is 5.73 Å². The average molecular weight is 237 g/mol. The quantitative estimate of drug-likeness (QED) is 0.862. The predicted octanol–water partition coefficient (Wildman–Crippen LogP) is 3.06. The first-order valence-corrected chi connectivity index (χ1v) is 6.17. The maximum atomic E-state index is 9.14. The van der Waals surface area contributed by atoms with Gasteiger partial charge in [0.2, 0.25) is 0 Å². The van der Waals surface area contributed by atoms with E-state index in [0.717, 1.165) is 4.90 Å². The van der Waals surface area contributed by atoms with Crippen LogP contribution in [0.3, 0.4) is 0 Å². The van der Waals surface area contributed by atoms with Crippen molar-refractivity contribution < 1.29 is 5.11 Å². The fourth-order valence-electron chi connectivity index (χ4n) is 1.15. The molecule has 0 fully saturated rings. The molecule has 0 saturated heterocycles. The molecule has 2 nitrogen and oxygen atoms in total.